The highest BCUT2D eigenvalue weighted by Gasteiger charge is 2.20. The molecule has 8 heteroatoms. The topological polar surface area (TPSA) is 119 Å². The van der Waals surface area contributed by atoms with Crippen molar-refractivity contribution in [3.8, 4) is 45.9 Å². The Morgan fingerprint density at radius 1 is 0.450 bits per heavy atom. The summed E-state index contributed by atoms with van der Waals surface area (Å²) in [6.07, 6.45) is 13.6. The fraction of sp³-hybridized carbons (Fsp3) is 0.462. The van der Waals surface area contributed by atoms with Gasteiger partial charge in [-0.3, -0.25) is 0 Å². The molecule has 0 aromatic heterocycles. The molecule has 0 aliphatic heterocycles. The van der Waals surface area contributed by atoms with E-state index in [4.69, 9.17) is 29.5 Å². The van der Waals surface area contributed by atoms with Crippen molar-refractivity contribution in [3.05, 3.63) is 108 Å². The molecule has 0 heterocycles. The summed E-state index contributed by atoms with van der Waals surface area (Å²) < 4.78 is 22.2. The number of ether oxygens (including phenoxy) is 4. The summed E-state index contributed by atoms with van der Waals surface area (Å²) in [4.78, 5) is 24.4. The molecule has 0 amide bonds. The monoisotopic (exact) mass is 814 g/mol. The Kier molecular flexibility index (Phi) is 22.7. The molecule has 0 N–H and O–H groups in total. The molecule has 2 atom stereocenters. The van der Waals surface area contributed by atoms with Crippen LogP contribution in [0.15, 0.2) is 97.1 Å². The van der Waals surface area contributed by atoms with E-state index in [0.717, 1.165) is 59.8 Å². The summed E-state index contributed by atoms with van der Waals surface area (Å²) in [6, 6.07) is 34.5. The minimum absolute atomic E-state index is 0.0417. The first-order chi connectivity index (χ1) is 29.1. The third kappa shape index (κ3) is 17.7. The summed E-state index contributed by atoms with van der Waals surface area (Å²) in [5.41, 5.74) is 5.01. The lowest BCUT2D eigenvalue weighted by atomic mass is 10.0. The molecule has 0 aliphatic rings. The second-order valence-corrected chi connectivity index (χ2v) is 15.8. The van der Waals surface area contributed by atoms with Crippen LogP contribution in [-0.4, -0.2) is 37.4 Å². The number of carbonyl (C=O) groups excluding carboxylic acids is 2. The largest absolute Gasteiger partial charge is 0.494 e. The van der Waals surface area contributed by atoms with E-state index in [1.807, 2.05) is 113 Å². The average Bonchev–Trinajstić information content (AvgIpc) is 3.27. The van der Waals surface area contributed by atoms with Crippen molar-refractivity contribution in [2.75, 3.05) is 13.2 Å². The van der Waals surface area contributed by atoms with Gasteiger partial charge in [0.25, 0.3) is 0 Å². The Morgan fingerprint density at radius 3 is 1.02 bits per heavy atom. The minimum atomic E-state index is -0.735. The zero-order valence-electron chi connectivity index (χ0n) is 36.8. The molecule has 0 bridgehead atoms. The van der Waals surface area contributed by atoms with Crippen LogP contribution in [0.4, 0.5) is 0 Å². The summed E-state index contributed by atoms with van der Waals surface area (Å²) >= 11 is 0. The van der Waals surface area contributed by atoms with Crippen LogP contribution in [0.3, 0.4) is 0 Å². The first kappa shape index (κ1) is 48.8. The molecule has 4 aromatic carbocycles. The molecule has 0 spiro atoms. The van der Waals surface area contributed by atoms with E-state index in [-0.39, 0.29) is 11.8 Å². The van der Waals surface area contributed by atoms with Crippen molar-refractivity contribution < 1.29 is 28.5 Å². The van der Waals surface area contributed by atoms with Crippen molar-refractivity contribution in [2.45, 2.75) is 131 Å². The van der Waals surface area contributed by atoms with Crippen LogP contribution in [-0.2, 0) is 9.47 Å². The van der Waals surface area contributed by atoms with Crippen LogP contribution in [0.1, 0.15) is 139 Å². The van der Waals surface area contributed by atoms with Gasteiger partial charge < -0.3 is 18.9 Å². The first-order valence-electron chi connectivity index (χ1n) is 22.0. The smallest absolute Gasteiger partial charge is 0.339 e. The fourth-order valence-electron chi connectivity index (χ4n) is 6.22. The second-order valence-electron chi connectivity index (χ2n) is 15.8. The minimum Gasteiger partial charge on any atom is -0.494 e. The fourth-order valence-corrected chi connectivity index (χ4v) is 6.22. The van der Waals surface area contributed by atoms with Crippen LogP contribution in [0, 0.1) is 34.5 Å². The number of nitriles is 2. The Balaban J connectivity index is 0.000000320. The third-order valence-electron chi connectivity index (χ3n) is 10.1. The predicted molar refractivity (Wildman–Crippen MR) is 241 cm³/mol. The Hall–Kier alpha value is -5.60. The SMILES string of the molecule is CCCCCCCCOc1ccc(-c2ccc(C(=O)O[C@@H](C#N)C(C)C)cc2)cc1.CCCCCCCCOc1ccc(-c2ccc(C(=O)O[C@H](C#N)C(C)C)cc2)cc1. The van der Waals surface area contributed by atoms with E-state index in [2.05, 4.69) is 13.8 Å². The van der Waals surface area contributed by atoms with Crippen LogP contribution in [0.5, 0.6) is 11.5 Å². The Labute approximate surface area is 359 Å². The van der Waals surface area contributed by atoms with Crippen molar-refractivity contribution in [2.24, 2.45) is 11.8 Å². The molecule has 0 saturated heterocycles. The van der Waals surface area contributed by atoms with Gasteiger partial charge in [0.1, 0.15) is 23.6 Å². The molecule has 8 nitrogen and oxygen atoms in total. The van der Waals surface area contributed by atoms with E-state index in [1.54, 1.807) is 24.3 Å². The maximum Gasteiger partial charge on any atom is 0.339 e. The van der Waals surface area contributed by atoms with Gasteiger partial charge in [0.2, 0.25) is 0 Å². The van der Waals surface area contributed by atoms with Gasteiger partial charge in [0, 0.05) is 11.8 Å². The predicted octanol–water partition coefficient (Wildman–Crippen LogP) is 13.6. The second kappa shape index (κ2) is 28.0. The number of benzene rings is 4. The van der Waals surface area contributed by atoms with Crippen molar-refractivity contribution in [1.82, 2.24) is 0 Å². The van der Waals surface area contributed by atoms with E-state index < -0.39 is 24.1 Å². The van der Waals surface area contributed by atoms with Gasteiger partial charge >= 0.3 is 11.9 Å². The molecule has 0 fully saturated rings. The lowest BCUT2D eigenvalue weighted by Crippen LogP contribution is -2.21. The number of rotatable bonds is 24. The molecule has 60 heavy (non-hydrogen) atoms. The molecular weight excluding hydrogens is 749 g/mol. The van der Waals surface area contributed by atoms with E-state index in [0.29, 0.717) is 11.1 Å². The van der Waals surface area contributed by atoms with Gasteiger partial charge in [-0.1, -0.05) is 154 Å². The number of unbranched alkanes of at least 4 members (excludes halogenated alkanes) is 10. The molecule has 4 rings (SSSR count). The summed E-state index contributed by atoms with van der Waals surface area (Å²) in [5.74, 6) is 0.730. The molecule has 0 aliphatic carbocycles. The molecule has 4 aromatic rings. The van der Waals surface area contributed by atoms with Gasteiger partial charge in [0.05, 0.1) is 24.3 Å². The van der Waals surface area contributed by atoms with Gasteiger partial charge in [-0.25, -0.2) is 9.59 Å². The number of carbonyl (C=O) groups is 2. The van der Waals surface area contributed by atoms with E-state index in [9.17, 15) is 9.59 Å². The highest BCUT2D eigenvalue weighted by atomic mass is 16.5. The molecule has 0 unspecified atom stereocenters. The lowest BCUT2D eigenvalue weighted by Gasteiger charge is -2.14. The van der Waals surface area contributed by atoms with Crippen molar-refractivity contribution >= 4 is 11.9 Å². The van der Waals surface area contributed by atoms with Gasteiger partial charge in [-0.15, -0.1) is 0 Å². The Bertz CT molecular complexity index is 1750. The normalized spacial score (nSPS) is 11.7. The van der Waals surface area contributed by atoms with Crippen LogP contribution in [0.2, 0.25) is 0 Å². The quantitative estimate of drug-likeness (QED) is 0.0507. The average molecular weight is 815 g/mol. The maximum absolute atomic E-state index is 12.2. The van der Waals surface area contributed by atoms with Gasteiger partial charge in [-0.05, 0) is 83.6 Å². The lowest BCUT2D eigenvalue weighted by molar-refractivity contribution is 0.0317. The summed E-state index contributed by atoms with van der Waals surface area (Å²) in [5, 5.41) is 18.2. The third-order valence-corrected chi connectivity index (χ3v) is 10.1. The standard InChI is InChI=1S/2C26H33NO3/c2*1-4-5-6-7-8-9-18-29-24-16-14-22(15-17-24)21-10-12-23(13-11-21)26(28)30-25(19-27)20(2)3/h2*10-17,20,25H,4-9,18H2,1-3H3/t2*25-/m10/s1. The molecule has 320 valence electrons. The maximum atomic E-state index is 12.2. The van der Waals surface area contributed by atoms with E-state index >= 15 is 0 Å². The van der Waals surface area contributed by atoms with Crippen LogP contribution < -0.4 is 9.47 Å². The highest BCUT2D eigenvalue weighted by molar-refractivity contribution is 5.91. The summed E-state index contributed by atoms with van der Waals surface area (Å²) in [7, 11) is 0. The zero-order valence-corrected chi connectivity index (χ0v) is 36.8. The van der Waals surface area contributed by atoms with Crippen molar-refractivity contribution in [3.63, 3.8) is 0 Å². The van der Waals surface area contributed by atoms with E-state index in [1.165, 1.54) is 64.2 Å². The Morgan fingerprint density at radius 2 is 0.733 bits per heavy atom. The first-order valence-corrected chi connectivity index (χ1v) is 22.0. The molecular formula is C52H66N2O6. The highest BCUT2D eigenvalue weighted by Crippen LogP contribution is 2.25. The van der Waals surface area contributed by atoms with Gasteiger partial charge in [0.15, 0.2) is 12.2 Å². The van der Waals surface area contributed by atoms with Crippen molar-refractivity contribution in [1.29, 1.82) is 10.5 Å². The number of nitrogens with zero attached hydrogens (tertiary/aromatic N) is 2. The summed E-state index contributed by atoms with van der Waals surface area (Å²) in [6.45, 7) is 13.4. The van der Waals surface area contributed by atoms with Crippen LogP contribution >= 0.6 is 0 Å². The molecule has 0 saturated carbocycles. The number of hydrogen-bond acceptors (Lipinski definition) is 8. The van der Waals surface area contributed by atoms with Crippen LogP contribution in [0.25, 0.3) is 22.3 Å². The number of hydrogen-bond donors (Lipinski definition) is 0. The zero-order chi connectivity index (χ0) is 43.5. The van der Waals surface area contributed by atoms with Gasteiger partial charge in [-0.2, -0.15) is 10.5 Å². The number of esters is 2. The molecule has 0 radical (unpaired) electrons.